The molecule has 0 aliphatic carbocycles. The molecular formula is C12H10O2Zn. The van der Waals surface area contributed by atoms with E-state index in [0.29, 0.717) is 5.56 Å². The van der Waals surface area contributed by atoms with Crippen LogP contribution in [0, 0.1) is 6.92 Å². The Balaban J connectivity index is 0.00000112. The van der Waals surface area contributed by atoms with Crippen molar-refractivity contribution in [1.82, 2.24) is 0 Å². The third-order valence-corrected chi connectivity index (χ3v) is 2.37. The predicted octanol–water partition coefficient (Wildman–Crippen LogP) is 2.84. The number of aromatic carboxylic acids is 1. The molecule has 0 heterocycles. The van der Waals surface area contributed by atoms with Crippen LogP contribution in [0.2, 0.25) is 0 Å². The number of hydrogen-bond acceptors (Lipinski definition) is 1. The van der Waals surface area contributed by atoms with Gasteiger partial charge in [0.2, 0.25) is 0 Å². The SMILES string of the molecule is Cc1ccc(C(=O)O)c2ccccc12.[Zn]. The second kappa shape index (κ2) is 4.54. The van der Waals surface area contributed by atoms with Gasteiger partial charge in [-0.05, 0) is 29.3 Å². The molecule has 3 heteroatoms. The molecule has 0 amide bonds. The Morgan fingerprint density at radius 2 is 1.67 bits per heavy atom. The average molecular weight is 252 g/mol. The van der Waals surface area contributed by atoms with E-state index < -0.39 is 5.97 Å². The largest absolute Gasteiger partial charge is 0.478 e. The zero-order valence-electron chi connectivity index (χ0n) is 8.53. The van der Waals surface area contributed by atoms with Crippen molar-refractivity contribution < 1.29 is 29.4 Å². The van der Waals surface area contributed by atoms with Crippen molar-refractivity contribution in [3.8, 4) is 0 Å². The fourth-order valence-electron chi connectivity index (χ4n) is 1.64. The summed E-state index contributed by atoms with van der Waals surface area (Å²) >= 11 is 0. The normalized spacial score (nSPS) is 9.67. The van der Waals surface area contributed by atoms with Crippen LogP contribution in [0.1, 0.15) is 15.9 Å². The summed E-state index contributed by atoms with van der Waals surface area (Å²) in [5.74, 6) is -0.874. The molecule has 0 radical (unpaired) electrons. The number of rotatable bonds is 1. The van der Waals surface area contributed by atoms with Crippen molar-refractivity contribution in [2.45, 2.75) is 6.92 Å². The van der Waals surface area contributed by atoms with Gasteiger partial charge in [0.1, 0.15) is 0 Å². The zero-order valence-corrected chi connectivity index (χ0v) is 11.5. The molecular weight excluding hydrogens is 242 g/mol. The van der Waals surface area contributed by atoms with Gasteiger partial charge in [0.15, 0.2) is 0 Å². The van der Waals surface area contributed by atoms with Gasteiger partial charge in [-0.2, -0.15) is 0 Å². The predicted molar refractivity (Wildman–Crippen MR) is 55.6 cm³/mol. The Bertz CT molecular complexity index is 506. The van der Waals surface area contributed by atoms with Crippen LogP contribution >= 0.6 is 0 Å². The molecule has 0 aromatic heterocycles. The molecule has 0 atom stereocenters. The summed E-state index contributed by atoms with van der Waals surface area (Å²) in [6.45, 7) is 1.98. The van der Waals surface area contributed by atoms with Crippen LogP contribution in [0.25, 0.3) is 10.8 Å². The van der Waals surface area contributed by atoms with Crippen LogP contribution in [-0.4, -0.2) is 11.1 Å². The summed E-state index contributed by atoms with van der Waals surface area (Å²) in [5, 5.41) is 10.8. The molecule has 1 N–H and O–H groups in total. The molecule has 2 rings (SSSR count). The fraction of sp³-hybridized carbons (Fsp3) is 0.0833. The van der Waals surface area contributed by atoms with Crippen LogP contribution in [0.3, 0.4) is 0 Å². The van der Waals surface area contributed by atoms with Gasteiger partial charge in [-0.25, -0.2) is 4.79 Å². The van der Waals surface area contributed by atoms with E-state index in [-0.39, 0.29) is 19.5 Å². The van der Waals surface area contributed by atoms with Crippen LogP contribution < -0.4 is 0 Å². The van der Waals surface area contributed by atoms with Crippen molar-refractivity contribution >= 4 is 16.7 Å². The van der Waals surface area contributed by atoms with E-state index in [1.807, 2.05) is 37.3 Å². The molecule has 0 spiro atoms. The van der Waals surface area contributed by atoms with E-state index >= 15 is 0 Å². The number of carboxylic acids is 1. The number of carboxylic acid groups (broad SMARTS) is 1. The number of hydrogen-bond donors (Lipinski definition) is 1. The first-order valence-electron chi connectivity index (χ1n) is 4.42. The van der Waals surface area contributed by atoms with Crippen molar-refractivity contribution in [3.05, 3.63) is 47.5 Å². The topological polar surface area (TPSA) is 37.3 Å². The minimum atomic E-state index is -0.874. The molecule has 0 unspecified atom stereocenters. The van der Waals surface area contributed by atoms with Gasteiger partial charge in [0.05, 0.1) is 5.56 Å². The van der Waals surface area contributed by atoms with Gasteiger partial charge in [-0.15, -0.1) is 0 Å². The van der Waals surface area contributed by atoms with Crippen LogP contribution in [0.5, 0.6) is 0 Å². The van der Waals surface area contributed by atoms with E-state index in [9.17, 15) is 4.79 Å². The van der Waals surface area contributed by atoms with E-state index in [1.165, 1.54) is 0 Å². The minimum absolute atomic E-state index is 0. The van der Waals surface area contributed by atoms with E-state index in [4.69, 9.17) is 5.11 Å². The van der Waals surface area contributed by atoms with Gasteiger partial charge < -0.3 is 5.11 Å². The first kappa shape index (κ1) is 11.9. The average Bonchev–Trinajstić information content (AvgIpc) is 2.18. The Kier molecular flexibility index (Phi) is 3.59. The molecule has 2 aromatic rings. The molecule has 15 heavy (non-hydrogen) atoms. The quantitative estimate of drug-likeness (QED) is 0.792. The smallest absolute Gasteiger partial charge is 0.336 e. The number of benzene rings is 2. The van der Waals surface area contributed by atoms with Crippen molar-refractivity contribution in [3.63, 3.8) is 0 Å². The standard InChI is InChI=1S/C12H10O2.Zn/c1-8-6-7-11(12(13)14)10-5-3-2-4-9(8)10;/h2-7H,1H3,(H,13,14);. The molecule has 0 aliphatic heterocycles. The third-order valence-electron chi connectivity index (χ3n) is 2.37. The Hall–Kier alpha value is -1.21. The monoisotopic (exact) mass is 250 g/mol. The van der Waals surface area contributed by atoms with Crippen molar-refractivity contribution in [1.29, 1.82) is 0 Å². The number of carbonyl (C=O) groups is 1. The second-order valence-corrected chi connectivity index (χ2v) is 3.28. The molecule has 0 bridgehead atoms. The maximum absolute atomic E-state index is 10.9. The van der Waals surface area contributed by atoms with Crippen LogP contribution in [-0.2, 0) is 19.5 Å². The van der Waals surface area contributed by atoms with Gasteiger partial charge in [-0.1, -0.05) is 30.3 Å². The molecule has 0 fully saturated rings. The van der Waals surface area contributed by atoms with E-state index in [2.05, 4.69) is 0 Å². The summed E-state index contributed by atoms with van der Waals surface area (Å²) in [4.78, 5) is 10.9. The van der Waals surface area contributed by atoms with Gasteiger partial charge in [0, 0.05) is 19.5 Å². The Labute approximate surface area is 101 Å². The maximum atomic E-state index is 10.9. The first-order chi connectivity index (χ1) is 6.70. The fourth-order valence-corrected chi connectivity index (χ4v) is 1.64. The van der Waals surface area contributed by atoms with Gasteiger partial charge in [-0.3, -0.25) is 0 Å². The maximum Gasteiger partial charge on any atom is 0.336 e. The summed E-state index contributed by atoms with van der Waals surface area (Å²) in [6.07, 6.45) is 0. The molecule has 0 saturated heterocycles. The molecule has 2 aromatic carbocycles. The molecule has 2 nitrogen and oxygen atoms in total. The van der Waals surface area contributed by atoms with Crippen molar-refractivity contribution in [2.24, 2.45) is 0 Å². The summed E-state index contributed by atoms with van der Waals surface area (Å²) in [5.41, 5.74) is 1.47. The van der Waals surface area contributed by atoms with Gasteiger partial charge in [0.25, 0.3) is 0 Å². The summed E-state index contributed by atoms with van der Waals surface area (Å²) < 4.78 is 0. The van der Waals surface area contributed by atoms with Gasteiger partial charge >= 0.3 is 5.97 Å². The zero-order chi connectivity index (χ0) is 10.1. The third kappa shape index (κ3) is 2.08. The second-order valence-electron chi connectivity index (χ2n) is 3.28. The summed E-state index contributed by atoms with van der Waals surface area (Å²) in [7, 11) is 0. The summed E-state index contributed by atoms with van der Waals surface area (Å²) in [6, 6.07) is 11.0. The number of fused-ring (bicyclic) bond motifs is 1. The van der Waals surface area contributed by atoms with E-state index in [1.54, 1.807) is 6.07 Å². The molecule has 72 valence electrons. The molecule has 0 saturated carbocycles. The number of aryl methyl sites for hydroxylation is 1. The molecule has 0 aliphatic rings. The van der Waals surface area contributed by atoms with E-state index in [0.717, 1.165) is 16.3 Å². The Morgan fingerprint density at radius 3 is 2.27 bits per heavy atom. The van der Waals surface area contributed by atoms with Crippen LogP contribution in [0.15, 0.2) is 36.4 Å². The minimum Gasteiger partial charge on any atom is -0.478 e. The van der Waals surface area contributed by atoms with Crippen molar-refractivity contribution in [2.75, 3.05) is 0 Å². The first-order valence-corrected chi connectivity index (χ1v) is 4.42. The van der Waals surface area contributed by atoms with Crippen LogP contribution in [0.4, 0.5) is 0 Å². The Morgan fingerprint density at radius 1 is 1.07 bits per heavy atom.